The highest BCUT2D eigenvalue weighted by Crippen LogP contribution is 2.20. The van der Waals surface area contributed by atoms with Crippen LogP contribution >= 0.6 is 11.8 Å². The van der Waals surface area contributed by atoms with E-state index in [-0.39, 0.29) is 11.3 Å². The lowest BCUT2D eigenvalue weighted by Crippen LogP contribution is -2.48. The summed E-state index contributed by atoms with van der Waals surface area (Å²) >= 11 is 1.64. The summed E-state index contributed by atoms with van der Waals surface area (Å²) in [5.41, 5.74) is 0. The fraction of sp³-hybridized carbons (Fsp3) is 0.857. The molecule has 0 amide bonds. The Morgan fingerprint density at radius 3 is 2.91 bits per heavy atom. The van der Waals surface area contributed by atoms with Crippen LogP contribution in [0.5, 0.6) is 0 Å². The van der Waals surface area contributed by atoms with Crippen molar-refractivity contribution in [3.63, 3.8) is 0 Å². The van der Waals surface area contributed by atoms with Crippen LogP contribution in [-0.2, 0) is 4.79 Å². The largest absolute Gasteiger partial charge is 0.480 e. The Kier molecular flexibility index (Phi) is 3.20. The molecule has 2 unspecified atom stereocenters. The van der Waals surface area contributed by atoms with Crippen molar-refractivity contribution in [2.75, 3.05) is 12.8 Å². The van der Waals surface area contributed by atoms with Crippen molar-refractivity contribution in [1.29, 1.82) is 0 Å². The van der Waals surface area contributed by atoms with Crippen molar-refractivity contribution in [2.45, 2.75) is 24.1 Å². The molecule has 0 spiro atoms. The summed E-state index contributed by atoms with van der Waals surface area (Å²) in [4.78, 5) is 10.6. The highest BCUT2D eigenvalue weighted by Gasteiger charge is 2.29. The Morgan fingerprint density at radius 1 is 1.73 bits per heavy atom. The minimum Gasteiger partial charge on any atom is -0.480 e. The molecule has 2 atom stereocenters. The molecule has 3 nitrogen and oxygen atoms in total. The van der Waals surface area contributed by atoms with E-state index in [1.165, 1.54) is 0 Å². The van der Waals surface area contributed by atoms with Crippen molar-refractivity contribution >= 4 is 17.7 Å². The van der Waals surface area contributed by atoms with Gasteiger partial charge in [-0.25, -0.2) is 0 Å². The van der Waals surface area contributed by atoms with E-state index >= 15 is 0 Å². The molecule has 1 aliphatic rings. The predicted octanol–water partition coefficient (Wildman–Crippen LogP) is 0.555. The van der Waals surface area contributed by atoms with Gasteiger partial charge in [0.25, 0.3) is 0 Å². The first-order chi connectivity index (χ1) is 5.25. The van der Waals surface area contributed by atoms with Crippen LogP contribution in [0.4, 0.5) is 0 Å². The molecule has 0 aromatic rings. The Bertz CT molecular complexity index is 151. The van der Waals surface area contributed by atoms with Crippen LogP contribution in [0.2, 0.25) is 0 Å². The smallest absolute Gasteiger partial charge is 0.321 e. The van der Waals surface area contributed by atoms with Crippen molar-refractivity contribution < 1.29 is 9.90 Å². The molecule has 11 heavy (non-hydrogen) atoms. The van der Waals surface area contributed by atoms with Gasteiger partial charge in [0.2, 0.25) is 0 Å². The van der Waals surface area contributed by atoms with E-state index in [1.54, 1.807) is 11.8 Å². The summed E-state index contributed by atoms with van der Waals surface area (Å²) in [6, 6.07) is -0.334. The molecule has 1 aliphatic heterocycles. The van der Waals surface area contributed by atoms with Gasteiger partial charge in [-0.1, -0.05) is 0 Å². The first-order valence-electron chi connectivity index (χ1n) is 3.74. The summed E-state index contributed by atoms with van der Waals surface area (Å²) in [7, 11) is 0. The van der Waals surface area contributed by atoms with Gasteiger partial charge in [0.1, 0.15) is 6.04 Å². The second-order valence-corrected chi connectivity index (χ2v) is 3.76. The van der Waals surface area contributed by atoms with E-state index in [9.17, 15) is 4.79 Å². The molecule has 1 saturated heterocycles. The standard InChI is InChI=1S/C7H13NO2S/c1-11-5-3-2-4-8-6(5)7(9)10/h5-6,8H,2-4H2,1H3,(H,9,10). The van der Waals surface area contributed by atoms with Crippen molar-refractivity contribution in [2.24, 2.45) is 0 Å². The number of carbonyl (C=O) groups is 1. The van der Waals surface area contributed by atoms with E-state index in [0.717, 1.165) is 19.4 Å². The van der Waals surface area contributed by atoms with Gasteiger partial charge in [0.15, 0.2) is 0 Å². The van der Waals surface area contributed by atoms with E-state index in [0.29, 0.717) is 0 Å². The van der Waals surface area contributed by atoms with Crippen molar-refractivity contribution in [3.8, 4) is 0 Å². The van der Waals surface area contributed by atoms with Crippen LogP contribution in [0.1, 0.15) is 12.8 Å². The van der Waals surface area contributed by atoms with Crippen LogP contribution in [0.25, 0.3) is 0 Å². The number of aliphatic carboxylic acids is 1. The average molecular weight is 175 g/mol. The Labute approximate surface area is 70.6 Å². The number of nitrogens with one attached hydrogen (secondary N) is 1. The molecule has 1 rings (SSSR count). The fourth-order valence-electron chi connectivity index (χ4n) is 1.36. The van der Waals surface area contributed by atoms with Crippen molar-refractivity contribution in [3.05, 3.63) is 0 Å². The number of hydrogen-bond donors (Lipinski definition) is 2. The Hall–Kier alpha value is -0.220. The Balaban J connectivity index is 2.51. The molecular formula is C7H13NO2S. The van der Waals surface area contributed by atoms with Gasteiger partial charge in [0, 0.05) is 5.25 Å². The highest BCUT2D eigenvalue weighted by atomic mass is 32.2. The van der Waals surface area contributed by atoms with E-state index < -0.39 is 5.97 Å². The van der Waals surface area contributed by atoms with Gasteiger partial charge >= 0.3 is 5.97 Å². The predicted molar refractivity (Wildman–Crippen MR) is 46.0 cm³/mol. The van der Waals surface area contributed by atoms with E-state index in [2.05, 4.69) is 5.32 Å². The quantitative estimate of drug-likeness (QED) is 0.643. The lowest BCUT2D eigenvalue weighted by molar-refractivity contribution is -0.139. The van der Waals surface area contributed by atoms with E-state index in [4.69, 9.17) is 5.11 Å². The summed E-state index contributed by atoms with van der Waals surface area (Å²) < 4.78 is 0. The molecule has 0 radical (unpaired) electrons. The zero-order valence-electron chi connectivity index (χ0n) is 6.54. The van der Waals surface area contributed by atoms with Gasteiger partial charge in [-0.2, -0.15) is 11.8 Å². The summed E-state index contributed by atoms with van der Waals surface area (Å²) in [5, 5.41) is 12.0. The SMILES string of the molecule is CSC1CCCNC1C(=O)O. The molecule has 0 bridgehead atoms. The maximum atomic E-state index is 10.6. The van der Waals surface area contributed by atoms with Gasteiger partial charge in [0.05, 0.1) is 0 Å². The molecule has 0 aromatic heterocycles. The van der Waals surface area contributed by atoms with Crippen LogP contribution in [0.15, 0.2) is 0 Å². The zero-order chi connectivity index (χ0) is 8.27. The molecule has 0 saturated carbocycles. The topological polar surface area (TPSA) is 49.3 Å². The third-order valence-electron chi connectivity index (χ3n) is 1.97. The van der Waals surface area contributed by atoms with Crippen molar-refractivity contribution in [1.82, 2.24) is 5.32 Å². The summed E-state index contributed by atoms with van der Waals surface area (Å²) in [6.07, 6.45) is 4.08. The fourth-order valence-corrected chi connectivity index (χ4v) is 2.25. The number of carboxylic acids is 1. The zero-order valence-corrected chi connectivity index (χ0v) is 7.36. The minimum absolute atomic E-state index is 0.251. The van der Waals surface area contributed by atoms with Gasteiger partial charge in [-0.3, -0.25) is 4.79 Å². The maximum Gasteiger partial charge on any atom is 0.321 e. The number of piperidine rings is 1. The molecule has 1 fully saturated rings. The van der Waals surface area contributed by atoms with Gasteiger partial charge in [-0.05, 0) is 25.6 Å². The Morgan fingerprint density at radius 2 is 2.45 bits per heavy atom. The first-order valence-corrected chi connectivity index (χ1v) is 5.03. The highest BCUT2D eigenvalue weighted by molar-refractivity contribution is 7.99. The lowest BCUT2D eigenvalue weighted by atomic mass is 10.0. The molecule has 4 heteroatoms. The molecule has 1 heterocycles. The first kappa shape index (κ1) is 8.87. The van der Waals surface area contributed by atoms with Crippen LogP contribution < -0.4 is 5.32 Å². The number of thioether (sulfide) groups is 1. The normalized spacial score (nSPS) is 31.7. The molecule has 0 aliphatic carbocycles. The van der Waals surface area contributed by atoms with Crippen LogP contribution in [0, 0.1) is 0 Å². The number of hydrogen-bond acceptors (Lipinski definition) is 3. The minimum atomic E-state index is -0.718. The third-order valence-corrected chi connectivity index (χ3v) is 3.08. The summed E-state index contributed by atoms with van der Waals surface area (Å²) in [6.45, 7) is 0.841. The van der Waals surface area contributed by atoms with Gasteiger partial charge < -0.3 is 10.4 Å². The average Bonchev–Trinajstić information content (AvgIpc) is 2.04. The van der Waals surface area contributed by atoms with Crippen LogP contribution in [0.3, 0.4) is 0 Å². The molecule has 0 aromatic carbocycles. The lowest BCUT2D eigenvalue weighted by Gasteiger charge is -2.27. The maximum absolute atomic E-state index is 10.6. The molecule has 64 valence electrons. The van der Waals surface area contributed by atoms with Gasteiger partial charge in [-0.15, -0.1) is 0 Å². The number of rotatable bonds is 2. The second-order valence-electron chi connectivity index (χ2n) is 2.69. The van der Waals surface area contributed by atoms with Crippen LogP contribution in [-0.4, -0.2) is 35.2 Å². The second kappa shape index (κ2) is 3.97. The van der Waals surface area contributed by atoms with E-state index in [1.807, 2.05) is 6.26 Å². The number of carboxylic acid groups (broad SMARTS) is 1. The monoisotopic (exact) mass is 175 g/mol. The molecule has 2 N–H and O–H groups in total. The molecular weight excluding hydrogens is 162 g/mol. The third kappa shape index (κ3) is 2.10. The summed E-state index contributed by atoms with van der Waals surface area (Å²) in [5.74, 6) is -0.718.